The van der Waals surface area contributed by atoms with Crippen molar-refractivity contribution in [2.45, 2.75) is 6.92 Å². The number of halogens is 1. The summed E-state index contributed by atoms with van der Waals surface area (Å²) in [5, 5.41) is 11.2. The van der Waals surface area contributed by atoms with E-state index in [2.05, 4.69) is 0 Å². The van der Waals surface area contributed by atoms with E-state index in [0.29, 0.717) is 31.9 Å². The molecule has 10 heteroatoms. The van der Waals surface area contributed by atoms with Gasteiger partial charge in [0.15, 0.2) is 12.4 Å². The number of rotatable bonds is 7. The smallest absolute Gasteiger partial charge is 0.338 e. The van der Waals surface area contributed by atoms with Crippen molar-refractivity contribution in [3.8, 4) is 5.75 Å². The van der Waals surface area contributed by atoms with Crippen molar-refractivity contribution in [2.24, 2.45) is 0 Å². The minimum absolute atomic E-state index is 0.0488. The summed E-state index contributed by atoms with van der Waals surface area (Å²) in [5.74, 6) is -1.50. The zero-order chi connectivity index (χ0) is 22.4. The van der Waals surface area contributed by atoms with E-state index < -0.39 is 17.5 Å². The molecular weight excluding hydrogens is 409 g/mol. The highest BCUT2D eigenvalue weighted by Gasteiger charge is 2.24. The summed E-state index contributed by atoms with van der Waals surface area (Å²) in [7, 11) is 0. The fourth-order valence-corrected chi connectivity index (χ4v) is 3.27. The van der Waals surface area contributed by atoms with Crippen LogP contribution in [-0.4, -0.2) is 61.1 Å². The van der Waals surface area contributed by atoms with Crippen molar-refractivity contribution >= 4 is 23.3 Å². The molecule has 2 aromatic rings. The third-order valence-corrected chi connectivity index (χ3v) is 4.84. The maximum Gasteiger partial charge on any atom is 0.338 e. The lowest BCUT2D eigenvalue weighted by Gasteiger charge is -2.36. The SMILES string of the molecule is CCOc1ccc(C(=O)OCC(=O)N2CCN(c3ccccc3F)CC2)cc1[N+](=O)[O-]. The summed E-state index contributed by atoms with van der Waals surface area (Å²) in [4.78, 5) is 38.5. The topological polar surface area (TPSA) is 102 Å². The first-order chi connectivity index (χ1) is 14.9. The first-order valence-corrected chi connectivity index (χ1v) is 9.76. The van der Waals surface area contributed by atoms with Crippen LogP contribution in [0.4, 0.5) is 15.8 Å². The number of amides is 1. The van der Waals surface area contributed by atoms with E-state index in [0.717, 1.165) is 6.07 Å². The molecule has 0 unspecified atom stereocenters. The Bertz CT molecular complexity index is 975. The van der Waals surface area contributed by atoms with Gasteiger partial charge in [0, 0.05) is 32.2 Å². The predicted octanol–water partition coefficient (Wildman–Crippen LogP) is 2.64. The van der Waals surface area contributed by atoms with Crippen LogP contribution in [0.25, 0.3) is 0 Å². The van der Waals surface area contributed by atoms with Gasteiger partial charge < -0.3 is 19.3 Å². The number of nitrogens with zero attached hydrogens (tertiary/aromatic N) is 3. The van der Waals surface area contributed by atoms with Crippen molar-refractivity contribution in [1.82, 2.24) is 4.90 Å². The lowest BCUT2D eigenvalue weighted by Crippen LogP contribution is -2.50. The second kappa shape index (κ2) is 9.88. The van der Waals surface area contributed by atoms with Gasteiger partial charge in [-0.15, -0.1) is 0 Å². The molecule has 31 heavy (non-hydrogen) atoms. The highest BCUT2D eigenvalue weighted by molar-refractivity contribution is 5.92. The number of esters is 1. The minimum atomic E-state index is -0.843. The van der Waals surface area contributed by atoms with E-state index in [1.54, 1.807) is 25.1 Å². The molecule has 164 valence electrons. The maximum absolute atomic E-state index is 13.9. The summed E-state index contributed by atoms with van der Waals surface area (Å²) >= 11 is 0. The number of hydrogen-bond donors (Lipinski definition) is 0. The number of nitro groups is 1. The van der Waals surface area contributed by atoms with Crippen molar-refractivity contribution in [2.75, 3.05) is 44.3 Å². The average molecular weight is 431 g/mol. The van der Waals surface area contributed by atoms with Gasteiger partial charge in [0.2, 0.25) is 0 Å². The molecule has 0 saturated carbocycles. The Morgan fingerprint density at radius 3 is 2.48 bits per heavy atom. The number of para-hydroxylation sites is 1. The Kier molecular flexibility index (Phi) is 7.01. The van der Waals surface area contributed by atoms with Gasteiger partial charge in [0.1, 0.15) is 5.82 Å². The van der Waals surface area contributed by atoms with Crippen LogP contribution in [0.15, 0.2) is 42.5 Å². The van der Waals surface area contributed by atoms with E-state index in [1.807, 2.05) is 4.90 Å². The Morgan fingerprint density at radius 2 is 1.84 bits per heavy atom. The molecule has 1 heterocycles. The Morgan fingerprint density at radius 1 is 1.13 bits per heavy atom. The summed E-state index contributed by atoms with van der Waals surface area (Å²) in [6.45, 7) is 3.06. The molecule has 1 amide bonds. The number of piperazine rings is 1. The van der Waals surface area contributed by atoms with Crippen LogP contribution in [0.2, 0.25) is 0 Å². The lowest BCUT2D eigenvalue weighted by molar-refractivity contribution is -0.385. The summed E-state index contributed by atoms with van der Waals surface area (Å²) < 4.78 is 24.1. The van der Waals surface area contributed by atoms with Crippen molar-refractivity contribution < 1.29 is 28.4 Å². The zero-order valence-electron chi connectivity index (χ0n) is 17.0. The molecule has 2 aromatic carbocycles. The number of ether oxygens (including phenoxy) is 2. The molecule has 0 aromatic heterocycles. The number of benzene rings is 2. The van der Waals surface area contributed by atoms with Gasteiger partial charge in [-0.25, -0.2) is 9.18 Å². The van der Waals surface area contributed by atoms with Gasteiger partial charge in [-0.1, -0.05) is 12.1 Å². The minimum Gasteiger partial charge on any atom is -0.487 e. The first-order valence-electron chi connectivity index (χ1n) is 9.76. The highest BCUT2D eigenvalue weighted by Crippen LogP contribution is 2.28. The van der Waals surface area contributed by atoms with Gasteiger partial charge in [0.25, 0.3) is 5.91 Å². The van der Waals surface area contributed by atoms with Crippen LogP contribution in [0, 0.1) is 15.9 Å². The van der Waals surface area contributed by atoms with E-state index in [4.69, 9.17) is 9.47 Å². The molecule has 0 N–H and O–H groups in total. The van der Waals surface area contributed by atoms with Gasteiger partial charge in [-0.3, -0.25) is 14.9 Å². The monoisotopic (exact) mass is 431 g/mol. The van der Waals surface area contributed by atoms with Gasteiger partial charge >= 0.3 is 11.7 Å². The lowest BCUT2D eigenvalue weighted by atomic mass is 10.2. The van der Waals surface area contributed by atoms with E-state index >= 15 is 0 Å². The second-order valence-corrected chi connectivity index (χ2v) is 6.77. The highest BCUT2D eigenvalue weighted by atomic mass is 19.1. The van der Waals surface area contributed by atoms with Crippen LogP contribution in [0.1, 0.15) is 17.3 Å². The fraction of sp³-hybridized carbons (Fsp3) is 0.333. The number of nitro benzene ring substituents is 1. The van der Waals surface area contributed by atoms with Crippen LogP contribution in [0.3, 0.4) is 0 Å². The molecule has 0 radical (unpaired) electrons. The summed E-state index contributed by atoms with van der Waals surface area (Å²) in [6, 6.07) is 10.2. The fourth-order valence-electron chi connectivity index (χ4n) is 3.27. The molecule has 3 rings (SSSR count). The number of hydrogen-bond acceptors (Lipinski definition) is 7. The van der Waals surface area contributed by atoms with Crippen LogP contribution >= 0.6 is 0 Å². The molecule has 1 aliphatic heterocycles. The first kappa shape index (κ1) is 22.0. The van der Waals surface area contributed by atoms with E-state index in [1.165, 1.54) is 23.1 Å². The number of carbonyl (C=O) groups is 2. The maximum atomic E-state index is 13.9. The van der Waals surface area contributed by atoms with Gasteiger partial charge in [-0.2, -0.15) is 0 Å². The largest absolute Gasteiger partial charge is 0.487 e. The molecular formula is C21H22FN3O6. The molecule has 0 bridgehead atoms. The van der Waals surface area contributed by atoms with Gasteiger partial charge in [-0.05, 0) is 31.2 Å². The number of carbonyl (C=O) groups excluding carboxylic acids is 2. The Balaban J connectivity index is 1.54. The van der Waals surface area contributed by atoms with E-state index in [-0.39, 0.29) is 35.3 Å². The average Bonchev–Trinajstić information content (AvgIpc) is 2.78. The zero-order valence-corrected chi connectivity index (χ0v) is 17.0. The second-order valence-electron chi connectivity index (χ2n) is 6.77. The molecule has 1 saturated heterocycles. The molecule has 9 nitrogen and oxygen atoms in total. The summed E-state index contributed by atoms with van der Waals surface area (Å²) in [5.41, 5.74) is 0.0809. The standard InChI is InChI=1S/C21H22FN3O6/c1-2-30-19-8-7-15(13-18(19)25(28)29)21(27)31-14-20(26)24-11-9-23(10-12-24)17-6-4-3-5-16(17)22/h3-8,13H,2,9-12,14H2,1H3. The quantitative estimate of drug-likeness (QED) is 0.377. The molecule has 0 aliphatic carbocycles. The Labute approximate surface area is 178 Å². The third kappa shape index (κ3) is 5.27. The Hall–Kier alpha value is -3.69. The van der Waals surface area contributed by atoms with Crippen molar-refractivity contribution in [3.63, 3.8) is 0 Å². The molecule has 1 fully saturated rings. The molecule has 1 aliphatic rings. The van der Waals surface area contributed by atoms with E-state index in [9.17, 15) is 24.1 Å². The molecule has 0 atom stereocenters. The summed E-state index contributed by atoms with van der Waals surface area (Å²) in [6.07, 6.45) is 0. The molecule has 0 spiro atoms. The van der Waals surface area contributed by atoms with Crippen LogP contribution in [-0.2, 0) is 9.53 Å². The van der Waals surface area contributed by atoms with Crippen molar-refractivity contribution in [1.29, 1.82) is 0 Å². The normalized spacial score (nSPS) is 13.6. The number of anilines is 1. The van der Waals surface area contributed by atoms with Gasteiger partial charge in [0.05, 0.1) is 22.8 Å². The van der Waals surface area contributed by atoms with Crippen LogP contribution < -0.4 is 9.64 Å². The van der Waals surface area contributed by atoms with Crippen molar-refractivity contribution in [3.05, 3.63) is 64.0 Å². The third-order valence-electron chi connectivity index (χ3n) is 4.84. The predicted molar refractivity (Wildman–Crippen MR) is 110 cm³/mol. The van der Waals surface area contributed by atoms with Crippen LogP contribution in [0.5, 0.6) is 5.75 Å².